The molecular formula is C18H15F2N5O2. The molecule has 0 aliphatic heterocycles. The van der Waals surface area contributed by atoms with Gasteiger partial charge in [0.15, 0.2) is 17.3 Å². The Labute approximate surface area is 152 Å². The monoisotopic (exact) mass is 371 g/mol. The van der Waals surface area contributed by atoms with Crippen molar-refractivity contribution in [3.63, 3.8) is 0 Å². The summed E-state index contributed by atoms with van der Waals surface area (Å²) in [5.41, 5.74) is 0.847. The van der Waals surface area contributed by atoms with Gasteiger partial charge in [0.2, 0.25) is 5.91 Å². The number of rotatable bonds is 4. The Bertz CT molecular complexity index is 1140. The van der Waals surface area contributed by atoms with Crippen LogP contribution in [0.1, 0.15) is 35.3 Å². The van der Waals surface area contributed by atoms with Gasteiger partial charge in [-0.2, -0.15) is 5.26 Å². The smallest absolute Gasteiger partial charge is 0.276 e. The van der Waals surface area contributed by atoms with Crippen molar-refractivity contribution >= 4 is 11.6 Å². The molecular weight excluding hydrogens is 356 g/mol. The van der Waals surface area contributed by atoms with Gasteiger partial charge >= 0.3 is 0 Å². The lowest BCUT2D eigenvalue weighted by Crippen LogP contribution is -2.32. The van der Waals surface area contributed by atoms with Crippen molar-refractivity contribution in [3.05, 3.63) is 68.8 Å². The molecule has 2 aromatic heterocycles. The molecule has 138 valence electrons. The molecule has 27 heavy (non-hydrogen) atoms. The number of H-pyrrole nitrogens is 1. The van der Waals surface area contributed by atoms with E-state index in [9.17, 15) is 18.4 Å². The number of hydrogen-bond donors (Lipinski definition) is 2. The van der Waals surface area contributed by atoms with E-state index in [2.05, 4.69) is 15.4 Å². The van der Waals surface area contributed by atoms with E-state index < -0.39 is 29.1 Å². The summed E-state index contributed by atoms with van der Waals surface area (Å²) in [6.45, 7) is 3.20. The summed E-state index contributed by atoms with van der Waals surface area (Å²) in [5, 5.41) is 14.3. The lowest BCUT2D eigenvalue weighted by molar-refractivity contribution is -0.121. The van der Waals surface area contributed by atoms with Crippen LogP contribution < -0.4 is 10.9 Å². The summed E-state index contributed by atoms with van der Waals surface area (Å²) in [5.74, 6) is -2.44. The van der Waals surface area contributed by atoms with Gasteiger partial charge in [-0.05, 0) is 31.5 Å². The maximum Gasteiger partial charge on any atom is 0.276 e. The molecule has 0 fully saturated rings. The van der Waals surface area contributed by atoms with Gasteiger partial charge < -0.3 is 5.32 Å². The van der Waals surface area contributed by atoms with Crippen LogP contribution >= 0.6 is 0 Å². The number of fused-ring (bicyclic) bond motifs is 1. The van der Waals surface area contributed by atoms with Crippen molar-refractivity contribution in [2.45, 2.75) is 26.3 Å². The van der Waals surface area contributed by atoms with Crippen molar-refractivity contribution in [2.24, 2.45) is 0 Å². The summed E-state index contributed by atoms with van der Waals surface area (Å²) in [4.78, 5) is 29.1. The standard InChI is InChI=1S/C18H15F2N5O2/c1-9(11-3-4-14(19)15(20)5-11)23-16(26)6-13-10(2)24-17-12(7-21)8-22-25(17)18(13)27/h3-5,8-9,22H,6H2,1-2H3,(H,23,26). The Morgan fingerprint density at radius 3 is 2.81 bits per heavy atom. The highest BCUT2D eigenvalue weighted by Gasteiger charge is 2.18. The van der Waals surface area contributed by atoms with E-state index in [1.165, 1.54) is 12.3 Å². The van der Waals surface area contributed by atoms with Gasteiger partial charge in [-0.3, -0.25) is 14.7 Å². The second kappa shape index (κ2) is 6.99. The van der Waals surface area contributed by atoms with Crippen LogP contribution in [0, 0.1) is 29.9 Å². The first-order chi connectivity index (χ1) is 12.8. The third-order valence-corrected chi connectivity index (χ3v) is 4.24. The molecule has 0 aliphatic carbocycles. The predicted octanol–water partition coefficient (Wildman–Crippen LogP) is 1.90. The molecule has 0 aliphatic rings. The molecule has 0 radical (unpaired) electrons. The number of carbonyl (C=O) groups excluding carboxylic acids is 1. The molecule has 9 heteroatoms. The number of nitriles is 1. The summed E-state index contributed by atoms with van der Waals surface area (Å²) in [7, 11) is 0. The summed E-state index contributed by atoms with van der Waals surface area (Å²) < 4.78 is 27.5. The molecule has 7 nitrogen and oxygen atoms in total. The van der Waals surface area contributed by atoms with Crippen LogP contribution in [0.5, 0.6) is 0 Å². The number of nitrogens with one attached hydrogen (secondary N) is 2. The number of halogens is 2. The number of benzene rings is 1. The Hall–Kier alpha value is -3.54. The molecule has 3 aromatic rings. The van der Waals surface area contributed by atoms with Crippen LogP contribution in [-0.4, -0.2) is 20.5 Å². The Morgan fingerprint density at radius 2 is 2.15 bits per heavy atom. The molecule has 1 amide bonds. The zero-order chi connectivity index (χ0) is 19.7. The molecule has 1 aromatic carbocycles. The van der Waals surface area contributed by atoms with E-state index in [0.29, 0.717) is 11.3 Å². The largest absolute Gasteiger partial charge is 0.349 e. The first kappa shape index (κ1) is 18.3. The molecule has 2 N–H and O–H groups in total. The van der Waals surface area contributed by atoms with Crippen LogP contribution in [-0.2, 0) is 11.2 Å². The summed E-state index contributed by atoms with van der Waals surface area (Å²) in [6.07, 6.45) is 1.12. The maximum atomic E-state index is 13.3. The Kier molecular flexibility index (Phi) is 4.73. The van der Waals surface area contributed by atoms with Gasteiger partial charge in [0.05, 0.1) is 12.5 Å². The highest BCUT2D eigenvalue weighted by molar-refractivity contribution is 5.79. The second-order valence-corrected chi connectivity index (χ2v) is 6.08. The third kappa shape index (κ3) is 3.42. The molecule has 0 saturated carbocycles. The number of nitrogens with zero attached hydrogens (tertiary/aromatic N) is 3. The average Bonchev–Trinajstić information content (AvgIpc) is 3.03. The van der Waals surface area contributed by atoms with Crippen LogP contribution in [0.15, 0.2) is 29.2 Å². The van der Waals surface area contributed by atoms with Crippen molar-refractivity contribution < 1.29 is 13.6 Å². The van der Waals surface area contributed by atoms with Crippen molar-refractivity contribution in [1.82, 2.24) is 19.9 Å². The van der Waals surface area contributed by atoms with Crippen LogP contribution in [0.4, 0.5) is 8.78 Å². The van der Waals surface area contributed by atoms with Gasteiger partial charge in [0.25, 0.3) is 5.56 Å². The quantitative estimate of drug-likeness (QED) is 0.731. The number of aromatic nitrogens is 3. The second-order valence-electron chi connectivity index (χ2n) is 6.08. The zero-order valence-electron chi connectivity index (χ0n) is 14.5. The fraction of sp³-hybridized carbons (Fsp3) is 0.222. The number of carbonyl (C=O) groups is 1. The van der Waals surface area contributed by atoms with Crippen LogP contribution in [0.2, 0.25) is 0 Å². The number of aromatic amines is 1. The van der Waals surface area contributed by atoms with Gasteiger partial charge in [-0.25, -0.2) is 18.3 Å². The average molecular weight is 371 g/mol. The van der Waals surface area contributed by atoms with E-state index in [0.717, 1.165) is 16.6 Å². The normalized spacial score (nSPS) is 12.0. The lowest BCUT2D eigenvalue weighted by atomic mass is 10.1. The van der Waals surface area contributed by atoms with Crippen molar-refractivity contribution in [3.8, 4) is 6.07 Å². The molecule has 0 bridgehead atoms. The first-order valence-electron chi connectivity index (χ1n) is 8.06. The first-order valence-corrected chi connectivity index (χ1v) is 8.06. The molecule has 0 spiro atoms. The molecule has 1 unspecified atom stereocenters. The topological polar surface area (TPSA) is 103 Å². The molecule has 2 heterocycles. The molecule has 1 atom stereocenters. The zero-order valence-corrected chi connectivity index (χ0v) is 14.5. The van der Waals surface area contributed by atoms with Crippen LogP contribution in [0.25, 0.3) is 5.65 Å². The van der Waals surface area contributed by atoms with E-state index in [-0.39, 0.29) is 23.2 Å². The summed E-state index contributed by atoms with van der Waals surface area (Å²) in [6, 6.07) is 4.72. The van der Waals surface area contributed by atoms with Crippen molar-refractivity contribution in [1.29, 1.82) is 5.26 Å². The highest BCUT2D eigenvalue weighted by atomic mass is 19.2. The Morgan fingerprint density at radius 1 is 1.41 bits per heavy atom. The fourth-order valence-corrected chi connectivity index (χ4v) is 2.76. The minimum Gasteiger partial charge on any atom is -0.349 e. The number of aryl methyl sites for hydroxylation is 1. The maximum absolute atomic E-state index is 13.3. The van der Waals surface area contributed by atoms with Crippen LogP contribution in [0.3, 0.4) is 0 Å². The van der Waals surface area contributed by atoms with E-state index >= 15 is 0 Å². The van der Waals surface area contributed by atoms with Crippen molar-refractivity contribution in [2.75, 3.05) is 0 Å². The predicted molar refractivity (Wildman–Crippen MR) is 91.9 cm³/mol. The summed E-state index contributed by atoms with van der Waals surface area (Å²) >= 11 is 0. The molecule has 0 saturated heterocycles. The SMILES string of the molecule is Cc1nc2c(C#N)c[nH]n2c(=O)c1CC(=O)NC(C)c1ccc(F)c(F)c1. The minimum atomic E-state index is -1.00. The van der Waals surface area contributed by atoms with Gasteiger partial charge in [-0.15, -0.1) is 0 Å². The van der Waals surface area contributed by atoms with Gasteiger partial charge in [0, 0.05) is 17.5 Å². The minimum absolute atomic E-state index is 0.175. The van der Waals surface area contributed by atoms with Gasteiger partial charge in [-0.1, -0.05) is 6.07 Å². The van der Waals surface area contributed by atoms with E-state index in [1.807, 2.05) is 6.07 Å². The van der Waals surface area contributed by atoms with Gasteiger partial charge in [0.1, 0.15) is 11.6 Å². The fourth-order valence-electron chi connectivity index (χ4n) is 2.76. The Balaban J connectivity index is 1.82. The lowest BCUT2D eigenvalue weighted by Gasteiger charge is -2.15. The third-order valence-electron chi connectivity index (χ3n) is 4.24. The highest BCUT2D eigenvalue weighted by Crippen LogP contribution is 2.16. The number of hydrogen-bond acceptors (Lipinski definition) is 4. The number of amides is 1. The van der Waals surface area contributed by atoms with E-state index in [4.69, 9.17) is 5.26 Å². The molecule has 3 rings (SSSR count). The van der Waals surface area contributed by atoms with E-state index in [1.54, 1.807) is 13.8 Å².